The summed E-state index contributed by atoms with van der Waals surface area (Å²) >= 11 is 0. The number of nitrogens with one attached hydrogen (secondary N) is 5. The van der Waals surface area contributed by atoms with Gasteiger partial charge in [-0.05, 0) is 78.1 Å². The molecule has 5 amide bonds. The van der Waals surface area contributed by atoms with E-state index in [0.717, 1.165) is 40.7 Å². The van der Waals surface area contributed by atoms with Gasteiger partial charge in [-0.1, -0.05) is 115 Å². The molecule has 9 heteroatoms. The SMILES string of the molecule is O=C(NCCc1ccccc1)NCCc1ccccc1C(=O)NCCc1ccccc1C(=O)NCCc1ccccc1C(=O)NCCc1ccccc1. The number of hydrogen-bond donors (Lipinski definition) is 5. The van der Waals surface area contributed by atoms with Crippen LogP contribution in [0.5, 0.6) is 0 Å². The minimum absolute atomic E-state index is 0.132. The maximum Gasteiger partial charge on any atom is 0.314 e. The van der Waals surface area contributed by atoms with Crippen molar-refractivity contribution in [1.29, 1.82) is 0 Å². The van der Waals surface area contributed by atoms with Crippen LogP contribution in [-0.2, 0) is 32.1 Å². The molecule has 0 aliphatic carbocycles. The van der Waals surface area contributed by atoms with Gasteiger partial charge in [0.05, 0.1) is 0 Å². The third kappa shape index (κ3) is 12.2. The van der Waals surface area contributed by atoms with E-state index in [0.29, 0.717) is 68.7 Å². The Labute approximate surface area is 311 Å². The fraction of sp³-hybridized carbons (Fsp3) is 0.227. The molecule has 272 valence electrons. The van der Waals surface area contributed by atoms with Crippen LogP contribution < -0.4 is 26.6 Å². The zero-order valence-corrected chi connectivity index (χ0v) is 29.9. The second kappa shape index (κ2) is 20.6. The zero-order chi connectivity index (χ0) is 37.1. The molecule has 0 aliphatic rings. The van der Waals surface area contributed by atoms with E-state index in [1.807, 2.05) is 121 Å². The molecular weight excluding hydrogens is 663 g/mol. The minimum Gasteiger partial charge on any atom is -0.352 e. The van der Waals surface area contributed by atoms with Crippen LogP contribution in [0.4, 0.5) is 4.79 Å². The quantitative estimate of drug-likeness (QED) is 0.0802. The van der Waals surface area contributed by atoms with Crippen molar-refractivity contribution >= 4 is 23.8 Å². The average molecular weight is 710 g/mol. The van der Waals surface area contributed by atoms with Crippen LogP contribution in [0.25, 0.3) is 0 Å². The van der Waals surface area contributed by atoms with E-state index in [1.165, 1.54) is 0 Å². The van der Waals surface area contributed by atoms with Crippen LogP contribution in [0, 0.1) is 0 Å². The van der Waals surface area contributed by atoms with Crippen LogP contribution in [0.1, 0.15) is 58.9 Å². The van der Waals surface area contributed by atoms with Crippen molar-refractivity contribution < 1.29 is 19.2 Å². The van der Waals surface area contributed by atoms with E-state index < -0.39 is 0 Å². The van der Waals surface area contributed by atoms with E-state index >= 15 is 0 Å². The molecule has 5 aromatic carbocycles. The molecule has 5 N–H and O–H groups in total. The van der Waals surface area contributed by atoms with E-state index in [-0.39, 0.29) is 23.8 Å². The molecule has 0 heterocycles. The Morgan fingerprint density at radius 2 is 0.604 bits per heavy atom. The maximum atomic E-state index is 13.3. The first-order valence-electron chi connectivity index (χ1n) is 18.2. The largest absolute Gasteiger partial charge is 0.352 e. The van der Waals surface area contributed by atoms with Gasteiger partial charge in [0, 0.05) is 49.4 Å². The number of urea groups is 1. The lowest BCUT2D eigenvalue weighted by Crippen LogP contribution is -2.37. The highest BCUT2D eigenvalue weighted by Crippen LogP contribution is 2.13. The summed E-state index contributed by atoms with van der Waals surface area (Å²) in [5.41, 5.74) is 6.53. The predicted octanol–water partition coefficient (Wildman–Crippen LogP) is 5.69. The average Bonchev–Trinajstić information content (AvgIpc) is 3.19. The first-order valence-corrected chi connectivity index (χ1v) is 18.2. The molecule has 5 rings (SSSR count). The Bertz CT molecular complexity index is 1950. The topological polar surface area (TPSA) is 128 Å². The lowest BCUT2D eigenvalue weighted by Gasteiger charge is -2.13. The summed E-state index contributed by atoms with van der Waals surface area (Å²) in [4.78, 5) is 51.7. The number of rotatable bonds is 18. The summed E-state index contributed by atoms with van der Waals surface area (Å²) in [5.74, 6) is -0.552. The van der Waals surface area contributed by atoms with Gasteiger partial charge in [-0.3, -0.25) is 14.4 Å². The van der Waals surface area contributed by atoms with E-state index in [9.17, 15) is 19.2 Å². The highest BCUT2D eigenvalue weighted by atomic mass is 16.2. The first kappa shape index (κ1) is 38.0. The number of carbonyl (C=O) groups is 4. The molecule has 0 atom stereocenters. The Hall–Kier alpha value is -6.22. The van der Waals surface area contributed by atoms with Gasteiger partial charge in [0.25, 0.3) is 17.7 Å². The Balaban J connectivity index is 1.05. The van der Waals surface area contributed by atoms with Gasteiger partial charge >= 0.3 is 6.03 Å². The number of benzene rings is 5. The fourth-order valence-electron chi connectivity index (χ4n) is 6.09. The van der Waals surface area contributed by atoms with Gasteiger partial charge in [-0.25, -0.2) is 4.79 Å². The molecule has 0 aromatic heterocycles. The second-order valence-electron chi connectivity index (χ2n) is 12.6. The summed E-state index contributed by atoms with van der Waals surface area (Å²) in [6.07, 6.45) is 2.96. The van der Waals surface area contributed by atoms with Crippen molar-refractivity contribution in [2.24, 2.45) is 0 Å². The van der Waals surface area contributed by atoms with Gasteiger partial charge in [-0.2, -0.15) is 0 Å². The normalized spacial score (nSPS) is 10.6. The smallest absolute Gasteiger partial charge is 0.314 e. The Kier molecular flexibility index (Phi) is 14.8. The molecule has 0 radical (unpaired) electrons. The molecular formula is C44H47N5O4. The summed E-state index contributed by atoms with van der Waals surface area (Å²) in [5, 5.41) is 14.8. The summed E-state index contributed by atoms with van der Waals surface area (Å²) in [7, 11) is 0. The van der Waals surface area contributed by atoms with E-state index in [1.54, 1.807) is 12.1 Å². The van der Waals surface area contributed by atoms with Gasteiger partial charge in [0.1, 0.15) is 0 Å². The third-order valence-corrected chi connectivity index (χ3v) is 8.91. The second-order valence-corrected chi connectivity index (χ2v) is 12.6. The molecule has 0 spiro atoms. The van der Waals surface area contributed by atoms with Crippen LogP contribution in [-0.4, -0.2) is 56.5 Å². The monoisotopic (exact) mass is 709 g/mol. The Morgan fingerprint density at radius 1 is 0.321 bits per heavy atom. The van der Waals surface area contributed by atoms with Crippen molar-refractivity contribution in [1.82, 2.24) is 26.6 Å². The van der Waals surface area contributed by atoms with Crippen molar-refractivity contribution in [2.45, 2.75) is 32.1 Å². The highest BCUT2D eigenvalue weighted by molar-refractivity contribution is 5.97. The standard InChI is InChI=1S/C44H47N5O4/c50-41(45-28-23-33-13-3-1-4-14-33)38-20-10-7-17-35(38)25-30-46-42(51)39-21-11-8-18-36(39)26-31-47-43(52)40-22-12-9-19-37(40)27-32-49-44(53)48-29-24-34-15-5-2-6-16-34/h1-22H,23-32H2,(H,45,50)(H,46,51)(H,47,52)(H2,48,49,53). The van der Waals surface area contributed by atoms with Gasteiger partial charge < -0.3 is 26.6 Å². The molecule has 0 fully saturated rings. The molecule has 0 saturated heterocycles. The van der Waals surface area contributed by atoms with Crippen LogP contribution >= 0.6 is 0 Å². The van der Waals surface area contributed by atoms with Crippen molar-refractivity contribution in [3.05, 3.63) is 178 Å². The highest BCUT2D eigenvalue weighted by Gasteiger charge is 2.15. The molecule has 9 nitrogen and oxygen atoms in total. The Morgan fingerprint density at radius 3 is 0.981 bits per heavy atom. The zero-order valence-electron chi connectivity index (χ0n) is 29.9. The van der Waals surface area contributed by atoms with E-state index in [4.69, 9.17) is 0 Å². The molecule has 5 aromatic rings. The van der Waals surface area contributed by atoms with Crippen LogP contribution in [0.3, 0.4) is 0 Å². The van der Waals surface area contributed by atoms with Gasteiger partial charge in [-0.15, -0.1) is 0 Å². The summed E-state index contributed by atoms with van der Waals surface area (Å²) in [6.45, 7) is 2.15. The van der Waals surface area contributed by atoms with Crippen LogP contribution in [0.15, 0.2) is 133 Å². The number of amides is 5. The summed E-state index contributed by atoms with van der Waals surface area (Å²) in [6, 6.07) is 41.9. The van der Waals surface area contributed by atoms with Crippen molar-refractivity contribution in [3.63, 3.8) is 0 Å². The van der Waals surface area contributed by atoms with Crippen molar-refractivity contribution in [2.75, 3.05) is 32.7 Å². The predicted molar refractivity (Wildman–Crippen MR) is 209 cm³/mol. The fourth-order valence-corrected chi connectivity index (χ4v) is 6.09. The van der Waals surface area contributed by atoms with E-state index in [2.05, 4.69) is 26.6 Å². The van der Waals surface area contributed by atoms with Crippen LogP contribution in [0.2, 0.25) is 0 Å². The van der Waals surface area contributed by atoms with Crippen molar-refractivity contribution in [3.8, 4) is 0 Å². The molecule has 0 aliphatic heterocycles. The van der Waals surface area contributed by atoms with Gasteiger partial charge in [0.2, 0.25) is 0 Å². The molecule has 0 saturated carbocycles. The third-order valence-electron chi connectivity index (χ3n) is 8.91. The summed E-state index contributed by atoms with van der Waals surface area (Å²) < 4.78 is 0. The first-order chi connectivity index (χ1) is 26.0. The van der Waals surface area contributed by atoms with Gasteiger partial charge in [0.15, 0.2) is 0 Å². The minimum atomic E-state index is -0.243. The molecule has 0 bridgehead atoms. The lowest BCUT2D eigenvalue weighted by atomic mass is 10.0. The maximum absolute atomic E-state index is 13.3. The molecule has 0 unspecified atom stereocenters. The lowest BCUT2D eigenvalue weighted by molar-refractivity contribution is 0.0945. The number of carbonyl (C=O) groups excluding carboxylic acids is 4. The molecule has 53 heavy (non-hydrogen) atoms. The number of hydrogen-bond acceptors (Lipinski definition) is 4.